The average Bonchev–Trinajstić information content (AvgIpc) is 3.36. The van der Waals surface area contributed by atoms with Crippen LogP contribution in [0.4, 0.5) is 0 Å². The Kier molecular flexibility index (Phi) is 5.49. The molecule has 0 unspecified atom stereocenters. The van der Waals surface area contributed by atoms with Gasteiger partial charge in [-0.2, -0.15) is 0 Å². The molecule has 23 heavy (non-hydrogen) atoms. The highest BCUT2D eigenvalue weighted by atomic mass is 14.8. The number of nitrogens with zero attached hydrogens (tertiary/aromatic N) is 2. The van der Waals surface area contributed by atoms with Crippen LogP contribution in [-0.4, -0.2) is 10.7 Å². The SMILES string of the molecule is C=C/C(=C(C(C)=NC(=C)c1ccnc(C)c1)\C(C)=C/C)C1CC1. The number of allylic oxidation sites excluding steroid dienone is 5. The molecule has 1 aliphatic rings. The number of hydrogen-bond acceptors (Lipinski definition) is 2. The van der Waals surface area contributed by atoms with Crippen molar-refractivity contribution in [3.63, 3.8) is 0 Å². The highest BCUT2D eigenvalue weighted by Gasteiger charge is 2.27. The lowest BCUT2D eigenvalue weighted by Gasteiger charge is -2.14. The van der Waals surface area contributed by atoms with E-state index in [1.165, 1.54) is 29.6 Å². The van der Waals surface area contributed by atoms with Gasteiger partial charge in [-0.3, -0.25) is 9.98 Å². The molecular weight excluding hydrogens is 280 g/mol. The van der Waals surface area contributed by atoms with Crippen LogP contribution in [0.25, 0.3) is 5.70 Å². The summed E-state index contributed by atoms with van der Waals surface area (Å²) in [6.45, 7) is 16.4. The molecule has 0 atom stereocenters. The van der Waals surface area contributed by atoms with Gasteiger partial charge in [0.15, 0.2) is 0 Å². The van der Waals surface area contributed by atoms with Crippen molar-refractivity contribution in [3.8, 4) is 0 Å². The summed E-state index contributed by atoms with van der Waals surface area (Å²) >= 11 is 0. The van der Waals surface area contributed by atoms with Crippen molar-refractivity contribution in [2.75, 3.05) is 0 Å². The lowest BCUT2D eigenvalue weighted by Crippen LogP contribution is -2.05. The predicted molar refractivity (Wildman–Crippen MR) is 100 cm³/mol. The van der Waals surface area contributed by atoms with Crippen LogP contribution >= 0.6 is 0 Å². The summed E-state index contributed by atoms with van der Waals surface area (Å²) in [4.78, 5) is 9.01. The summed E-state index contributed by atoms with van der Waals surface area (Å²) in [7, 11) is 0. The van der Waals surface area contributed by atoms with E-state index in [0.29, 0.717) is 5.92 Å². The highest BCUT2D eigenvalue weighted by molar-refractivity contribution is 6.05. The van der Waals surface area contributed by atoms with Crippen LogP contribution in [0.3, 0.4) is 0 Å². The maximum Gasteiger partial charge on any atom is 0.0634 e. The highest BCUT2D eigenvalue weighted by Crippen LogP contribution is 2.40. The maximum absolute atomic E-state index is 4.78. The molecule has 1 aromatic heterocycles. The first-order valence-corrected chi connectivity index (χ1v) is 8.15. The summed E-state index contributed by atoms with van der Waals surface area (Å²) < 4.78 is 0. The second kappa shape index (κ2) is 7.36. The van der Waals surface area contributed by atoms with Crippen LogP contribution in [0.1, 0.15) is 44.9 Å². The van der Waals surface area contributed by atoms with Gasteiger partial charge < -0.3 is 0 Å². The quantitative estimate of drug-likeness (QED) is 0.490. The van der Waals surface area contributed by atoms with Crippen molar-refractivity contribution in [2.45, 2.75) is 40.5 Å². The Morgan fingerprint density at radius 3 is 2.57 bits per heavy atom. The molecule has 1 saturated carbocycles. The molecule has 2 nitrogen and oxygen atoms in total. The standard InChI is InChI=1S/C21H26N2/c1-7-14(3)21(20(8-2)18-9-10-18)17(6)23-16(5)19-11-12-22-15(4)13-19/h7-8,11-13,18H,2,5,9-10H2,1,3-4,6H3/b14-7-,21-20-,23-17?. The van der Waals surface area contributed by atoms with E-state index >= 15 is 0 Å². The Bertz CT molecular complexity index is 713. The Hall–Kier alpha value is -2.22. The minimum absolute atomic E-state index is 0.638. The number of aliphatic imine (C=N–C) groups is 1. The molecule has 0 saturated heterocycles. The molecular formula is C21H26N2. The second-order valence-corrected chi connectivity index (χ2v) is 6.11. The van der Waals surface area contributed by atoms with Crippen molar-refractivity contribution in [1.82, 2.24) is 4.98 Å². The zero-order valence-corrected chi connectivity index (χ0v) is 14.7. The van der Waals surface area contributed by atoms with Gasteiger partial charge in [-0.15, -0.1) is 0 Å². The maximum atomic E-state index is 4.78. The summed E-state index contributed by atoms with van der Waals surface area (Å²) in [5.41, 5.74) is 7.54. The molecule has 0 spiro atoms. The van der Waals surface area contributed by atoms with Crippen LogP contribution < -0.4 is 0 Å². The fourth-order valence-corrected chi connectivity index (χ4v) is 2.78. The van der Waals surface area contributed by atoms with E-state index in [1.54, 1.807) is 6.20 Å². The zero-order valence-electron chi connectivity index (χ0n) is 14.7. The third-order valence-corrected chi connectivity index (χ3v) is 4.25. The third kappa shape index (κ3) is 4.16. The molecule has 1 aromatic rings. The Balaban J connectivity index is 2.43. The van der Waals surface area contributed by atoms with Gasteiger partial charge in [-0.25, -0.2) is 0 Å². The van der Waals surface area contributed by atoms with E-state index in [2.05, 4.69) is 45.0 Å². The summed E-state index contributed by atoms with van der Waals surface area (Å²) in [5, 5.41) is 0. The van der Waals surface area contributed by atoms with E-state index in [0.717, 1.165) is 22.7 Å². The molecule has 120 valence electrons. The van der Waals surface area contributed by atoms with Crippen molar-refractivity contribution < 1.29 is 0 Å². The molecule has 2 heteroatoms. The van der Waals surface area contributed by atoms with Crippen molar-refractivity contribution in [1.29, 1.82) is 0 Å². The first-order valence-electron chi connectivity index (χ1n) is 8.15. The van der Waals surface area contributed by atoms with E-state index < -0.39 is 0 Å². The largest absolute Gasteiger partial charge is 0.262 e. The number of aromatic nitrogens is 1. The van der Waals surface area contributed by atoms with Crippen molar-refractivity contribution >= 4 is 11.4 Å². The average molecular weight is 306 g/mol. The summed E-state index contributed by atoms with van der Waals surface area (Å²) in [5.74, 6) is 0.638. The van der Waals surface area contributed by atoms with E-state index in [-0.39, 0.29) is 0 Å². The molecule has 0 bridgehead atoms. The molecule has 0 radical (unpaired) electrons. The lowest BCUT2D eigenvalue weighted by atomic mass is 9.94. The summed E-state index contributed by atoms with van der Waals surface area (Å²) in [6, 6.07) is 3.97. The third-order valence-electron chi connectivity index (χ3n) is 4.25. The Labute approximate surface area is 140 Å². The Morgan fingerprint density at radius 1 is 1.35 bits per heavy atom. The van der Waals surface area contributed by atoms with E-state index in [4.69, 9.17) is 4.99 Å². The molecule has 0 N–H and O–H groups in total. The van der Waals surface area contributed by atoms with Gasteiger partial charge in [-0.1, -0.05) is 25.3 Å². The van der Waals surface area contributed by atoms with Crippen molar-refractivity contribution in [2.24, 2.45) is 10.9 Å². The fraction of sp³-hybridized carbons (Fsp3) is 0.333. The van der Waals surface area contributed by atoms with Gasteiger partial charge in [0.25, 0.3) is 0 Å². The number of aryl methyl sites for hydroxylation is 1. The monoisotopic (exact) mass is 306 g/mol. The Morgan fingerprint density at radius 2 is 2.04 bits per heavy atom. The molecule has 2 rings (SSSR count). The van der Waals surface area contributed by atoms with E-state index in [1.807, 2.05) is 25.1 Å². The van der Waals surface area contributed by atoms with Crippen LogP contribution in [0, 0.1) is 12.8 Å². The van der Waals surface area contributed by atoms with Crippen LogP contribution in [0.15, 0.2) is 65.4 Å². The molecule has 0 aliphatic heterocycles. The van der Waals surface area contributed by atoms with Gasteiger partial charge in [0.2, 0.25) is 0 Å². The molecule has 1 heterocycles. The predicted octanol–water partition coefficient (Wildman–Crippen LogP) is 5.68. The first kappa shape index (κ1) is 17.1. The van der Waals surface area contributed by atoms with Gasteiger partial charge >= 0.3 is 0 Å². The fourth-order valence-electron chi connectivity index (χ4n) is 2.78. The number of rotatable bonds is 6. The zero-order chi connectivity index (χ0) is 17.0. The summed E-state index contributed by atoms with van der Waals surface area (Å²) in [6.07, 6.45) is 8.44. The van der Waals surface area contributed by atoms with E-state index in [9.17, 15) is 0 Å². The first-order chi connectivity index (χ1) is 11.0. The molecule has 0 aromatic carbocycles. The van der Waals surface area contributed by atoms with Crippen LogP contribution in [0.2, 0.25) is 0 Å². The van der Waals surface area contributed by atoms with Gasteiger partial charge in [-0.05, 0) is 69.7 Å². The molecule has 1 aliphatic carbocycles. The van der Waals surface area contributed by atoms with Crippen LogP contribution in [0.5, 0.6) is 0 Å². The number of hydrogen-bond donors (Lipinski definition) is 0. The molecule has 0 amide bonds. The number of pyridine rings is 1. The van der Waals surface area contributed by atoms with Crippen molar-refractivity contribution in [3.05, 3.63) is 71.6 Å². The normalized spacial score (nSPS) is 16.9. The topological polar surface area (TPSA) is 25.2 Å². The van der Waals surface area contributed by atoms with Crippen LogP contribution in [-0.2, 0) is 0 Å². The minimum Gasteiger partial charge on any atom is -0.262 e. The van der Waals surface area contributed by atoms with Gasteiger partial charge in [0.05, 0.1) is 5.70 Å². The van der Waals surface area contributed by atoms with Gasteiger partial charge in [0, 0.05) is 28.7 Å². The molecule has 1 fully saturated rings. The smallest absolute Gasteiger partial charge is 0.0634 e. The minimum atomic E-state index is 0.638. The lowest BCUT2D eigenvalue weighted by molar-refractivity contribution is 1.03. The second-order valence-electron chi connectivity index (χ2n) is 6.11. The van der Waals surface area contributed by atoms with Gasteiger partial charge in [0.1, 0.15) is 0 Å².